The van der Waals surface area contributed by atoms with Gasteiger partial charge in [0.05, 0.1) is 5.52 Å². The normalized spacial score (nSPS) is 11.1. The fraction of sp³-hybridized carbons (Fsp3) is 0.438. The monoisotopic (exact) mass is 257 g/mol. The molecule has 0 spiro atoms. The first-order valence-corrected chi connectivity index (χ1v) is 7.14. The van der Waals surface area contributed by atoms with Crippen molar-refractivity contribution in [3.05, 3.63) is 35.4 Å². The summed E-state index contributed by atoms with van der Waals surface area (Å²) in [6.07, 6.45) is 5.49. The van der Waals surface area contributed by atoms with E-state index in [1.165, 1.54) is 29.4 Å². The molecule has 102 valence electrons. The van der Waals surface area contributed by atoms with Crippen LogP contribution in [0.25, 0.3) is 10.9 Å². The van der Waals surface area contributed by atoms with Crippen molar-refractivity contribution in [2.24, 2.45) is 5.73 Å². The molecule has 0 atom stereocenters. The Kier molecular flexibility index (Phi) is 4.74. The summed E-state index contributed by atoms with van der Waals surface area (Å²) in [6, 6.07) is 8.19. The van der Waals surface area contributed by atoms with Gasteiger partial charge in [-0.25, -0.2) is 4.98 Å². The van der Waals surface area contributed by atoms with Gasteiger partial charge in [-0.1, -0.05) is 38.0 Å². The Balaban J connectivity index is 2.47. The molecule has 0 radical (unpaired) electrons. The minimum Gasteiger partial charge on any atom is -0.383 e. The molecule has 1 aromatic heterocycles. The molecule has 0 aliphatic carbocycles. The highest BCUT2D eigenvalue weighted by atomic mass is 14.8. The summed E-state index contributed by atoms with van der Waals surface area (Å²) in [5.74, 6) is 0.679. The van der Waals surface area contributed by atoms with Gasteiger partial charge in [0.15, 0.2) is 0 Å². The van der Waals surface area contributed by atoms with Gasteiger partial charge >= 0.3 is 0 Å². The van der Waals surface area contributed by atoms with E-state index in [4.69, 9.17) is 11.5 Å². The zero-order chi connectivity index (χ0) is 13.7. The van der Waals surface area contributed by atoms with Crippen LogP contribution >= 0.6 is 0 Å². The number of para-hydroxylation sites is 1. The highest BCUT2D eigenvalue weighted by Gasteiger charge is 2.12. The van der Waals surface area contributed by atoms with Gasteiger partial charge in [-0.2, -0.15) is 0 Å². The van der Waals surface area contributed by atoms with E-state index in [1.807, 2.05) is 12.1 Å². The van der Waals surface area contributed by atoms with Gasteiger partial charge in [-0.3, -0.25) is 0 Å². The molecule has 1 heterocycles. The van der Waals surface area contributed by atoms with Crippen molar-refractivity contribution in [3.8, 4) is 0 Å². The molecule has 0 saturated carbocycles. The number of aromatic nitrogens is 1. The van der Waals surface area contributed by atoms with Crippen LogP contribution < -0.4 is 11.5 Å². The topological polar surface area (TPSA) is 64.9 Å². The molecule has 2 aromatic rings. The van der Waals surface area contributed by atoms with Crippen LogP contribution in [0.5, 0.6) is 0 Å². The first-order valence-electron chi connectivity index (χ1n) is 7.14. The van der Waals surface area contributed by atoms with Crippen molar-refractivity contribution in [3.63, 3.8) is 0 Å². The van der Waals surface area contributed by atoms with Crippen molar-refractivity contribution in [1.82, 2.24) is 4.98 Å². The highest BCUT2D eigenvalue weighted by Crippen LogP contribution is 2.27. The van der Waals surface area contributed by atoms with Crippen LogP contribution in [0.4, 0.5) is 5.82 Å². The number of nitrogen functional groups attached to an aromatic ring is 1. The van der Waals surface area contributed by atoms with Crippen LogP contribution in [0.2, 0.25) is 0 Å². The van der Waals surface area contributed by atoms with Gasteiger partial charge in [-0.05, 0) is 43.0 Å². The summed E-state index contributed by atoms with van der Waals surface area (Å²) in [5.41, 5.74) is 15.4. The van der Waals surface area contributed by atoms with Crippen molar-refractivity contribution >= 4 is 16.7 Å². The smallest absolute Gasteiger partial charge is 0.127 e. The number of pyridine rings is 1. The van der Waals surface area contributed by atoms with E-state index in [0.29, 0.717) is 12.4 Å². The molecule has 0 fully saturated rings. The third kappa shape index (κ3) is 3.04. The van der Waals surface area contributed by atoms with E-state index in [0.717, 1.165) is 24.8 Å². The summed E-state index contributed by atoms with van der Waals surface area (Å²) in [6.45, 7) is 2.86. The predicted octanol–water partition coefficient (Wildman–Crippen LogP) is 3.05. The van der Waals surface area contributed by atoms with Crippen molar-refractivity contribution in [2.45, 2.75) is 39.0 Å². The van der Waals surface area contributed by atoms with Gasteiger partial charge in [0, 0.05) is 5.39 Å². The molecule has 0 aliphatic rings. The molecule has 0 aliphatic heterocycles. The lowest BCUT2D eigenvalue weighted by atomic mass is 9.96. The second kappa shape index (κ2) is 6.53. The predicted molar refractivity (Wildman–Crippen MR) is 82.1 cm³/mol. The maximum atomic E-state index is 6.15. The van der Waals surface area contributed by atoms with E-state index in [1.54, 1.807) is 0 Å². The first kappa shape index (κ1) is 13.8. The van der Waals surface area contributed by atoms with Crippen LogP contribution in [0, 0.1) is 0 Å². The summed E-state index contributed by atoms with van der Waals surface area (Å²) in [4.78, 5) is 4.53. The van der Waals surface area contributed by atoms with Crippen molar-refractivity contribution in [1.29, 1.82) is 0 Å². The number of anilines is 1. The molecule has 0 unspecified atom stereocenters. The molecule has 0 amide bonds. The quantitative estimate of drug-likeness (QED) is 0.782. The number of hydrogen-bond acceptors (Lipinski definition) is 3. The Morgan fingerprint density at radius 3 is 2.58 bits per heavy atom. The summed E-state index contributed by atoms with van der Waals surface area (Å²) in [7, 11) is 0. The summed E-state index contributed by atoms with van der Waals surface area (Å²) in [5, 5.41) is 1.20. The van der Waals surface area contributed by atoms with E-state index >= 15 is 0 Å². The van der Waals surface area contributed by atoms with Crippen LogP contribution in [0.3, 0.4) is 0 Å². The average Bonchev–Trinajstić information content (AvgIpc) is 2.42. The summed E-state index contributed by atoms with van der Waals surface area (Å²) < 4.78 is 0. The zero-order valence-corrected chi connectivity index (χ0v) is 11.7. The standard InChI is InChI=1S/C16H23N3/c1-2-3-4-8-14-12(10-11-17)13-7-5-6-9-15(13)19-16(14)18/h5-7,9H,2-4,8,10-11,17H2,1H3,(H2,18,19). The largest absolute Gasteiger partial charge is 0.383 e. The Hall–Kier alpha value is -1.61. The molecule has 4 N–H and O–H groups in total. The van der Waals surface area contributed by atoms with Gasteiger partial charge < -0.3 is 11.5 Å². The molecular formula is C16H23N3. The molecule has 0 bridgehead atoms. The fourth-order valence-electron chi connectivity index (χ4n) is 2.60. The molecular weight excluding hydrogens is 234 g/mol. The zero-order valence-electron chi connectivity index (χ0n) is 11.7. The van der Waals surface area contributed by atoms with Gasteiger partial charge in [-0.15, -0.1) is 0 Å². The SMILES string of the molecule is CCCCCc1c(N)nc2ccccc2c1CCN. The number of nitrogens with zero attached hydrogens (tertiary/aromatic N) is 1. The molecule has 2 rings (SSSR count). The Morgan fingerprint density at radius 1 is 1.05 bits per heavy atom. The van der Waals surface area contributed by atoms with E-state index in [9.17, 15) is 0 Å². The molecule has 3 heteroatoms. The lowest BCUT2D eigenvalue weighted by Crippen LogP contribution is -2.10. The number of fused-ring (bicyclic) bond motifs is 1. The third-order valence-electron chi connectivity index (χ3n) is 3.57. The van der Waals surface area contributed by atoms with E-state index in [-0.39, 0.29) is 0 Å². The van der Waals surface area contributed by atoms with Gasteiger partial charge in [0.1, 0.15) is 5.82 Å². The highest BCUT2D eigenvalue weighted by molar-refractivity contribution is 5.85. The third-order valence-corrected chi connectivity index (χ3v) is 3.57. The Bertz CT molecular complexity index is 549. The van der Waals surface area contributed by atoms with Gasteiger partial charge in [0.2, 0.25) is 0 Å². The Labute approximate surface area is 115 Å². The molecule has 3 nitrogen and oxygen atoms in total. The Morgan fingerprint density at radius 2 is 1.84 bits per heavy atom. The molecule has 19 heavy (non-hydrogen) atoms. The average molecular weight is 257 g/mol. The van der Waals surface area contributed by atoms with E-state index < -0.39 is 0 Å². The van der Waals surface area contributed by atoms with Crippen LogP contribution in [-0.4, -0.2) is 11.5 Å². The lowest BCUT2D eigenvalue weighted by Gasteiger charge is -2.14. The maximum absolute atomic E-state index is 6.15. The number of benzene rings is 1. The first-order chi connectivity index (χ1) is 9.27. The van der Waals surface area contributed by atoms with E-state index in [2.05, 4.69) is 24.0 Å². The van der Waals surface area contributed by atoms with Crippen LogP contribution in [0.15, 0.2) is 24.3 Å². The summed E-state index contributed by atoms with van der Waals surface area (Å²) >= 11 is 0. The van der Waals surface area contributed by atoms with Crippen LogP contribution in [-0.2, 0) is 12.8 Å². The van der Waals surface area contributed by atoms with Crippen molar-refractivity contribution in [2.75, 3.05) is 12.3 Å². The van der Waals surface area contributed by atoms with Crippen LogP contribution in [0.1, 0.15) is 37.3 Å². The molecule has 1 aromatic carbocycles. The minimum atomic E-state index is 0.647. The lowest BCUT2D eigenvalue weighted by molar-refractivity contribution is 0.713. The minimum absolute atomic E-state index is 0.647. The number of nitrogens with two attached hydrogens (primary N) is 2. The second-order valence-corrected chi connectivity index (χ2v) is 4.97. The van der Waals surface area contributed by atoms with Gasteiger partial charge in [0.25, 0.3) is 0 Å². The fourth-order valence-corrected chi connectivity index (χ4v) is 2.60. The van der Waals surface area contributed by atoms with Crippen molar-refractivity contribution < 1.29 is 0 Å². The molecule has 0 saturated heterocycles. The second-order valence-electron chi connectivity index (χ2n) is 4.97. The number of rotatable bonds is 6. The number of hydrogen-bond donors (Lipinski definition) is 2. The number of unbranched alkanes of at least 4 members (excludes halogenated alkanes) is 2. The maximum Gasteiger partial charge on any atom is 0.127 e.